The minimum Gasteiger partial charge on any atom is -0.314 e. The minimum atomic E-state index is 0.194. The van der Waals surface area contributed by atoms with Gasteiger partial charge in [0, 0.05) is 25.6 Å². The Morgan fingerprint density at radius 3 is 2.71 bits per heavy atom. The maximum atomic E-state index is 11.8. The van der Waals surface area contributed by atoms with Crippen LogP contribution in [-0.2, 0) is 4.79 Å². The lowest BCUT2D eigenvalue weighted by Crippen LogP contribution is -2.45. The van der Waals surface area contributed by atoms with E-state index in [4.69, 9.17) is 0 Å². The summed E-state index contributed by atoms with van der Waals surface area (Å²) >= 11 is 0. The van der Waals surface area contributed by atoms with Gasteiger partial charge in [0.2, 0.25) is 5.91 Å². The van der Waals surface area contributed by atoms with E-state index in [0.717, 1.165) is 26.1 Å². The van der Waals surface area contributed by atoms with Crippen LogP contribution in [0.3, 0.4) is 0 Å². The fraction of sp³-hybridized carbons (Fsp3) is 0.923. The molecule has 2 heterocycles. The molecule has 0 aromatic rings. The Kier molecular flexibility index (Phi) is 5.26. The number of piperidine rings is 2. The second-order valence-electron chi connectivity index (χ2n) is 5.27. The van der Waals surface area contributed by atoms with Crippen LogP contribution in [0.2, 0.25) is 0 Å². The predicted octanol–water partition coefficient (Wildman–Crippen LogP) is 1.43. The first kappa shape index (κ1) is 12.8. The molecule has 2 aliphatic rings. The van der Waals surface area contributed by atoms with Gasteiger partial charge in [0.1, 0.15) is 0 Å². The van der Waals surface area contributed by atoms with E-state index in [0.29, 0.717) is 12.5 Å². The molecule has 0 saturated carbocycles. The number of hydrogen-bond acceptors (Lipinski definition) is 3. The predicted molar refractivity (Wildman–Crippen MR) is 68.4 cm³/mol. The number of carbonyl (C=O) groups excluding carboxylic acids is 1. The van der Waals surface area contributed by atoms with E-state index in [1.54, 1.807) is 0 Å². The highest BCUT2D eigenvalue weighted by Crippen LogP contribution is 2.12. The zero-order valence-electron chi connectivity index (χ0n) is 10.7. The summed E-state index contributed by atoms with van der Waals surface area (Å²) in [6, 6.07) is 0.566. The van der Waals surface area contributed by atoms with Gasteiger partial charge in [0.25, 0.3) is 0 Å². The molecule has 1 amide bonds. The van der Waals surface area contributed by atoms with Gasteiger partial charge in [-0.25, -0.2) is 5.01 Å². The van der Waals surface area contributed by atoms with Crippen molar-refractivity contribution in [2.45, 2.75) is 57.4 Å². The minimum absolute atomic E-state index is 0.194. The molecule has 1 atom stereocenters. The largest absolute Gasteiger partial charge is 0.314 e. The SMILES string of the molecule is O=C(CCC1CCCCN1)NN1CCCCC1. The molecule has 1 unspecified atom stereocenters. The number of hydrogen-bond donors (Lipinski definition) is 2. The molecular weight excluding hydrogens is 214 g/mol. The topological polar surface area (TPSA) is 44.4 Å². The van der Waals surface area contributed by atoms with Crippen molar-refractivity contribution in [3.8, 4) is 0 Å². The zero-order chi connectivity index (χ0) is 11.9. The van der Waals surface area contributed by atoms with Gasteiger partial charge < -0.3 is 5.32 Å². The number of rotatable bonds is 4. The van der Waals surface area contributed by atoms with Crippen LogP contribution in [-0.4, -0.2) is 36.6 Å². The van der Waals surface area contributed by atoms with Gasteiger partial charge in [-0.1, -0.05) is 12.8 Å². The fourth-order valence-corrected chi connectivity index (χ4v) is 2.71. The lowest BCUT2D eigenvalue weighted by atomic mass is 10.0. The van der Waals surface area contributed by atoms with E-state index in [1.165, 1.54) is 38.5 Å². The maximum Gasteiger partial charge on any atom is 0.234 e. The summed E-state index contributed by atoms with van der Waals surface area (Å²) in [5, 5.41) is 5.57. The van der Waals surface area contributed by atoms with Crippen LogP contribution in [0.25, 0.3) is 0 Å². The van der Waals surface area contributed by atoms with Crippen LogP contribution in [0.4, 0.5) is 0 Å². The summed E-state index contributed by atoms with van der Waals surface area (Å²) in [6.45, 7) is 3.17. The third-order valence-electron chi connectivity index (χ3n) is 3.77. The number of nitrogens with zero attached hydrogens (tertiary/aromatic N) is 1. The van der Waals surface area contributed by atoms with Crippen molar-refractivity contribution in [3.63, 3.8) is 0 Å². The van der Waals surface area contributed by atoms with E-state index in [1.807, 2.05) is 0 Å². The standard InChI is InChI=1S/C13H25N3O/c17-13(15-16-10-4-1-5-11-16)8-7-12-6-2-3-9-14-12/h12,14H,1-11H2,(H,15,17). The summed E-state index contributed by atoms with van der Waals surface area (Å²) in [5.74, 6) is 0.194. The Labute approximate surface area is 104 Å². The van der Waals surface area contributed by atoms with E-state index in [2.05, 4.69) is 15.8 Å². The molecule has 98 valence electrons. The molecule has 2 rings (SSSR count). The molecule has 2 aliphatic heterocycles. The fourth-order valence-electron chi connectivity index (χ4n) is 2.71. The van der Waals surface area contributed by atoms with Crippen LogP contribution < -0.4 is 10.7 Å². The first-order chi connectivity index (χ1) is 8.34. The second kappa shape index (κ2) is 6.97. The van der Waals surface area contributed by atoms with Gasteiger partial charge >= 0.3 is 0 Å². The highest BCUT2D eigenvalue weighted by atomic mass is 16.2. The molecule has 0 bridgehead atoms. The zero-order valence-corrected chi connectivity index (χ0v) is 10.7. The van der Waals surface area contributed by atoms with Crippen molar-refractivity contribution in [3.05, 3.63) is 0 Å². The molecule has 0 aliphatic carbocycles. The molecular formula is C13H25N3O. The van der Waals surface area contributed by atoms with E-state index >= 15 is 0 Å². The molecule has 0 spiro atoms. The van der Waals surface area contributed by atoms with Crippen LogP contribution in [0.5, 0.6) is 0 Å². The molecule has 2 N–H and O–H groups in total. The van der Waals surface area contributed by atoms with E-state index in [-0.39, 0.29) is 5.91 Å². The van der Waals surface area contributed by atoms with Crippen LogP contribution in [0.15, 0.2) is 0 Å². The molecule has 2 fully saturated rings. The third-order valence-corrected chi connectivity index (χ3v) is 3.77. The number of carbonyl (C=O) groups is 1. The second-order valence-corrected chi connectivity index (χ2v) is 5.27. The molecule has 4 nitrogen and oxygen atoms in total. The average Bonchev–Trinajstić information content (AvgIpc) is 2.39. The Bertz CT molecular complexity index is 233. The number of hydrazine groups is 1. The van der Waals surface area contributed by atoms with Gasteiger partial charge in [0.05, 0.1) is 0 Å². The van der Waals surface area contributed by atoms with Gasteiger partial charge in [-0.3, -0.25) is 10.2 Å². The van der Waals surface area contributed by atoms with Gasteiger partial charge in [-0.15, -0.1) is 0 Å². The van der Waals surface area contributed by atoms with Crippen LogP contribution >= 0.6 is 0 Å². The Morgan fingerprint density at radius 2 is 2.00 bits per heavy atom. The lowest BCUT2D eigenvalue weighted by Gasteiger charge is -2.27. The first-order valence-electron chi connectivity index (χ1n) is 7.12. The molecule has 17 heavy (non-hydrogen) atoms. The summed E-state index contributed by atoms with van der Waals surface area (Å²) in [6.07, 6.45) is 9.21. The Hall–Kier alpha value is -0.610. The van der Waals surface area contributed by atoms with E-state index < -0.39 is 0 Å². The quantitative estimate of drug-likeness (QED) is 0.780. The van der Waals surface area contributed by atoms with Crippen molar-refractivity contribution in [2.24, 2.45) is 0 Å². The van der Waals surface area contributed by atoms with Crippen molar-refractivity contribution in [1.29, 1.82) is 0 Å². The Balaban J connectivity index is 1.59. The van der Waals surface area contributed by atoms with Crippen LogP contribution in [0, 0.1) is 0 Å². The molecule has 0 aromatic heterocycles. The Morgan fingerprint density at radius 1 is 1.18 bits per heavy atom. The first-order valence-corrected chi connectivity index (χ1v) is 7.12. The number of nitrogens with one attached hydrogen (secondary N) is 2. The monoisotopic (exact) mass is 239 g/mol. The molecule has 0 radical (unpaired) electrons. The average molecular weight is 239 g/mol. The molecule has 4 heteroatoms. The summed E-state index contributed by atoms with van der Waals surface area (Å²) in [4.78, 5) is 11.8. The van der Waals surface area contributed by atoms with Crippen LogP contribution in [0.1, 0.15) is 51.4 Å². The van der Waals surface area contributed by atoms with Gasteiger partial charge in [-0.05, 0) is 38.6 Å². The summed E-state index contributed by atoms with van der Waals surface area (Å²) in [5.41, 5.74) is 3.03. The molecule has 0 aromatic carbocycles. The van der Waals surface area contributed by atoms with Crippen molar-refractivity contribution >= 4 is 5.91 Å². The summed E-state index contributed by atoms with van der Waals surface area (Å²) < 4.78 is 0. The van der Waals surface area contributed by atoms with Crippen molar-refractivity contribution in [2.75, 3.05) is 19.6 Å². The van der Waals surface area contributed by atoms with E-state index in [9.17, 15) is 4.79 Å². The van der Waals surface area contributed by atoms with Crippen molar-refractivity contribution < 1.29 is 4.79 Å². The summed E-state index contributed by atoms with van der Waals surface area (Å²) in [7, 11) is 0. The maximum absolute atomic E-state index is 11.8. The van der Waals surface area contributed by atoms with Gasteiger partial charge in [-0.2, -0.15) is 0 Å². The molecule has 2 saturated heterocycles. The highest BCUT2D eigenvalue weighted by Gasteiger charge is 2.16. The highest BCUT2D eigenvalue weighted by molar-refractivity contribution is 5.75. The van der Waals surface area contributed by atoms with Gasteiger partial charge in [0.15, 0.2) is 0 Å². The smallest absolute Gasteiger partial charge is 0.234 e. The number of amides is 1. The lowest BCUT2D eigenvalue weighted by molar-refractivity contribution is -0.126. The van der Waals surface area contributed by atoms with Crippen molar-refractivity contribution in [1.82, 2.24) is 15.8 Å². The third kappa shape index (κ3) is 4.64. The normalized spacial score (nSPS) is 26.7.